The largest absolute Gasteiger partial charge is 0.383 e. The summed E-state index contributed by atoms with van der Waals surface area (Å²) in [6.45, 7) is 16.4. The summed E-state index contributed by atoms with van der Waals surface area (Å²) in [5, 5.41) is 9.13. The average molecular weight is 309 g/mol. The molecule has 1 aliphatic carbocycles. The van der Waals surface area contributed by atoms with Crippen LogP contribution in [0.5, 0.6) is 0 Å². The van der Waals surface area contributed by atoms with Crippen LogP contribution in [0.3, 0.4) is 0 Å². The van der Waals surface area contributed by atoms with Gasteiger partial charge in [-0.15, -0.1) is 0 Å². The Labute approximate surface area is 135 Å². The molecule has 0 bridgehead atoms. The molecule has 0 aliphatic heterocycles. The van der Waals surface area contributed by atoms with Gasteiger partial charge in [0, 0.05) is 30.7 Å². The molecule has 0 aromatic heterocycles. The van der Waals surface area contributed by atoms with Crippen molar-refractivity contribution in [2.45, 2.75) is 77.9 Å². The number of hydrazone groups is 1. The van der Waals surface area contributed by atoms with Gasteiger partial charge in [-0.05, 0) is 58.4 Å². The minimum Gasteiger partial charge on any atom is -0.383 e. The van der Waals surface area contributed by atoms with Gasteiger partial charge < -0.3 is 5.32 Å². The zero-order valence-corrected chi connectivity index (χ0v) is 14.7. The number of nitrogens with one attached hydrogen (secondary N) is 1. The molecule has 0 spiro atoms. The second-order valence-corrected chi connectivity index (χ2v) is 6.22. The summed E-state index contributed by atoms with van der Waals surface area (Å²) in [5.74, 6) is 0. The van der Waals surface area contributed by atoms with Crippen molar-refractivity contribution < 1.29 is 4.39 Å². The maximum absolute atomic E-state index is 15.9. The number of halogens is 1. The van der Waals surface area contributed by atoms with Gasteiger partial charge in [-0.25, -0.2) is 4.39 Å². The molecule has 1 aliphatic rings. The summed E-state index contributed by atoms with van der Waals surface area (Å²) in [6.07, 6.45) is 5.27. The van der Waals surface area contributed by atoms with E-state index in [4.69, 9.17) is 0 Å². The van der Waals surface area contributed by atoms with E-state index < -0.39 is 5.67 Å². The zero-order chi connectivity index (χ0) is 16.8. The molecular weight excluding hydrogens is 277 g/mol. The molecular formula is C18H32FN3. The van der Waals surface area contributed by atoms with Crippen LogP contribution >= 0.6 is 0 Å². The molecule has 3 nitrogen and oxygen atoms in total. The van der Waals surface area contributed by atoms with E-state index in [-0.39, 0.29) is 6.04 Å². The molecule has 0 radical (unpaired) electrons. The molecule has 2 atom stereocenters. The molecule has 0 saturated carbocycles. The SMILES string of the molecule is C=NN(CC)/C1=C(\C)C(F)(C(=C)NC(C)CC)CCCCC1. The minimum absolute atomic E-state index is 0.224. The van der Waals surface area contributed by atoms with E-state index >= 15 is 4.39 Å². The fourth-order valence-corrected chi connectivity index (χ4v) is 3.03. The van der Waals surface area contributed by atoms with Crippen molar-refractivity contribution in [2.24, 2.45) is 5.10 Å². The molecule has 4 heteroatoms. The van der Waals surface area contributed by atoms with Crippen LogP contribution in [0.4, 0.5) is 4.39 Å². The van der Waals surface area contributed by atoms with E-state index in [2.05, 4.69) is 37.6 Å². The van der Waals surface area contributed by atoms with Crippen molar-refractivity contribution >= 4 is 6.72 Å². The highest BCUT2D eigenvalue weighted by Gasteiger charge is 2.38. The number of alkyl halides is 1. The van der Waals surface area contributed by atoms with Crippen molar-refractivity contribution in [3.8, 4) is 0 Å². The number of rotatable bonds is 7. The summed E-state index contributed by atoms with van der Waals surface area (Å²) in [5.41, 5.74) is 0.685. The Balaban J connectivity index is 3.20. The first kappa shape index (κ1) is 18.7. The number of allylic oxidation sites excluding steroid dienone is 2. The summed E-state index contributed by atoms with van der Waals surface area (Å²) >= 11 is 0. The van der Waals surface area contributed by atoms with E-state index in [0.717, 1.165) is 43.4 Å². The Kier molecular flexibility index (Phi) is 7.11. The fourth-order valence-electron chi connectivity index (χ4n) is 3.03. The van der Waals surface area contributed by atoms with Crippen molar-refractivity contribution in [2.75, 3.05) is 6.54 Å². The average Bonchev–Trinajstić information content (AvgIpc) is 2.51. The quantitative estimate of drug-likeness (QED) is 0.542. The molecule has 1 rings (SSSR count). The third-order valence-corrected chi connectivity index (χ3v) is 4.76. The Bertz CT molecular complexity index is 430. The lowest BCUT2D eigenvalue weighted by Gasteiger charge is -2.36. The smallest absolute Gasteiger partial charge is 0.172 e. The highest BCUT2D eigenvalue weighted by molar-refractivity contribution is 5.34. The van der Waals surface area contributed by atoms with Gasteiger partial charge in [-0.1, -0.05) is 19.9 Å². The molecule has 2 unspecified atom stereocenters. The molecule has 0 fully saturated rings. The monoisotopic (exact) mass is 309 g/mol. The lowest BCUT2D eigenvalue weighted by molar-refractivity contribution is 0.205. The van der Waals surface area contributed by atoms with Crippen LogP contribution in [0.1, 0.15) is 66.2 Å². The summed E-state index contributed by atoms with van der Waals surface area (Å²) in [4.78, 5) is 0. The van der Waals surface area contributed by atoms with Gasteiger partial charge in [0.1, 0.15) is 0 Å². The van der Waals surface area contributed by atoms with Crippen LogP contribution < -0.4 is 5.32 Å². The zero-order valence-electron chi connectivity index (χ0n) is 14.7. The Morgan fingerprint density at radius 2 is 2.09 bits per heavy atom. The van der Waals surface area contributed by atoms with Crippen LogP contribution in [0.15, 0.2) is 28.6 Å². The van der Waals surface area contributed by atoms with E-state index in [9.17, 15) is 0 Å². The molecule has 0 aromatic rings. The van der Waals surface area contributed by atoms with Gasteiger partial charge in [-0.3, -0.25) is 5.01 Å². The van der Waals surface area contributed by atoms with Gasteiger partial charge in [-0.2, -0.15) is 5.10 Å². The third kappa shape index (κ3) is 4.11. The second-order valence-electron chi connectivity index (χ2n) is 6.22. The number of nitrogens with zero attached hydrogens (tertiary/aromatic N) is 2. The molecule has 126 valence electrons. The van der Waals surface area contributed by atoms with Crippen LogP contribution in [-0.4, -0.2) is 30.0 Å². The van der Waals surface area contributed by atoms with Crippen molar-refractivity contribution in [3.05, 3.63) is 23.5 Å². The van der Waals surface area contributed by atoms with Crippen LogP contribution in [0.2, 0.25) is 0 Å². The summed E-state index contributed by atoms with van der Waals surface area (Å²) in [7, 11) is 0. The van der Waals surface area contributed by atoms with Crippen molar-refractivity contribution in [3.63, 3.8) is 0 Å². The molecule has 22 heavy (non-hydrogen) atoms. The highest BCUT2D eigenvalue weighted by Crippen LogP contribution is 2.39. The lowest BCUT2D eigenvalue weighted by Crippen LogP contribution is -2.40. The standard InChI is InChI=1S/C18H32FN3/c1-7-14(3)21-16(5)18(19)13-11-9-10-12-17(15(18)4)22(8-2)20-6/h14,21H,5-13H2,1-4H3/b17-15+. The molecule has 0 heterocycles. The first-order chi connectivity index (χ1) is 10.4. The maximum Gasteiger partial charge on any atom is 0.172 e. The topological polar surface area (TPSA) is 27.6 Å². The van der Waals surface area contributed by atoms with Crippen LogP contribution in [0.25, 0.3) is 0 Å². The Hall–Kier alpha value is -1.32. The van der Waals surface area contributed by atoms with Gasteiger partial charge >= 0.3 is 0 Å². The maximum atomic E-state index is 15.9. The fraction of sp³-hybridized carbons (Fsp3) is 0.722. The predicted octanol–water partition coefficient (Wildman–Crippen LogP) is 4.77. The second kappa shape index (κ2) is 8.35. The van der Waals surface area contributed by atoms with E-state index in [0.29, 0.717) is 18.7 Å². The number of hydrogen-bond acceptors (Lipinski definition) is 3. The van der Waals surface area contributed by atoms with E-state index in [1.165, 1.54) is 0 Å². The van der Waals surface area contributed by atoms with Crippen LogP contribution in [0, 0.1) is 0 Å². The van der Waals surface area contributed by atoms with Crippen molar-refractivity contribution in [1.82, 2.24) is 10.3 Å². The van der Waals surface area contributed by atoms with Gasteiger partial charge in [0.2, 0.25) is 0 Å². The van der Waals surface area contributed by atoms with Crippen molar-refractivity contribution in [1.29, 1.82) is 0 Å². The molecule has 0 saturated heterocycles. The van der Waals surface area contributed by atoms with Crippen LogP contribution in [-0.2, 0) is 0 Å². The summed E-state index contributed by atoms with van der Waals surface area (Å²) < 4.78 is 15.9. The molecule has 1 N–H and O–H groups in total. The first-order valence-corrected chi connectivity index (χ1v) is 8.49. The van der Waals surface area contributed by atoms with E-state index in [1.54, 1.807) is 0 Å². The lowest BCUT2D eigenvalue weighted by atomic mass is 9.83. The Morgan fingerprint density at radius 3 is 2.64 bits per heavy atom. The van der Waals surface area contributed by atoms with E-state index in [1.807, 2.05) is 18.9 Å². The number of hydrogen-bond donors (Lipinski definition) is 1. The Morgan fingerprint density at radius 1 is 1.41 bits per heavy atom. The molecule has 0 aromatic carbocycles. The third-order valence-electron chi connectivity index (χ3n) is 4.76. The van der Waals surface area contributed by atoms with Gasteiger partial charge in [0.25, 0.3) is 0 Å². The summed E-state index contributed by atoms with van der Waals surface area (Å²) in [6, 6.07) is 0.224. The first-order valence-electron chi connectivity index (χ1n) is 8.49. The minimum atomic E-state index is -1.50. The molecule has 0 amide bonds. The normalized spacial score (nSPS) is 27.5. The van der Waals surface area contributed by atoms with Gasteiger partial charge in [0.15, 0.2) is 5.67 Å². The van der Waals surface area contributed by atoms with Gasteiger partial charge in [0.05, 0.1) is 0 Å². The highest BCUT2D eigenvalue weighted by atomic mass is 19.1. The predicted molar refractivity (Wildman–Crippen MR) is 93.6 cm³/mol.